The Bertz CT molecular complexity index is 536. The van der Waals surface area contributed by atoms with Gasteiger partial charge in [0.1, 0.15) is 5.75 Å². The Balaban J connectivity index is 1.74. The molecule has 1 fully saturated rings. The van der Waals surface area contributed by atoms with Crippen molar-refractivity contribution < 1.29 is 19.4 Å². The molecule has 0 saturated heterocycles. The highest BCUT2D eigenvalue weighted by atomic mass is 16.5. The predicted molar refractivity (Wildman–Crippen MR) is 81.2 cm³/mol. The fraction of sp³-hybridized carbons (Fsp3) is 0.500. The van der Waals surface area contributed by atoms with Crippen molar-refractivity contribution in [1.82, 2.24) is 10.6 Å². The lowest BCUT2D eigenvalue weighted by molar-refractivity contribution is -0.140. The summed E-state index contributed by atoms with van der Waals surface area (Å²) in [5, 5.41) is 15.1. The van der Waals surface area contributed by atoms with Crippen LogP contribution in [0.2, 0.25) is 0 Å². The van der Waals surface area contributed by atoms with Crippen molar-refractivity contribution in [3.8, 4) is 5.75 Å². The maximum absolute atomic E-state index is 11.7. The highest BCUT2D eigenvalue weighted by molar-refractivity contribution is 6.35. The summed E-state index contributed by atoms with van der Waals surface area (Å²) in [5.74, 6) is -0.484. The number of carbonyl (C=O) groups excluding carboxylic acids is 2. The zero-order valence-electron chi connectivity index (χ0n) is 12.9. The van der Waals surface area contributed by atoms with Gasteiger partial charge >= 0.3 is 11.8 Å². The van der Waals surface area contributed by atoms with Crippen LogP contribution in [0.5, 0.6) is 5.75 Å². The summed E-state index contributed by atoms with van der Waals surface area (Å²) in [7, 11) is 1.58. The van der Waals surface area contributed by atoms with E-state index in [1.807, 2.05) is 12.1 Å². The number of carbonyl (C=O) groups is 2. The third-order valence-electron chi connectivity index (χ3n) is 3.88. The second-order valence-electron chi connectivity index (χ2n) is 5.84. The number of amides is 2. The largest absolute Gasteiger partial charge is 0.497 e. The molecule has 0 radical (unpaired) electrons. The summed E-state index contributed by atoms with van der Waals surface area (Å²) >= 11 is 0. The monoisotopic (exact) mass is 306 g/mol. The molecule has 1 unspecified atom stereocenters. The van der Waals surface area contributed by atoms with E-state index < -0.39 is 17.4 Å². The zero-order chi connectivity index (χ0) is 16.2. The lowest BCUT2D eigenvalue weighted by atomic mass is 10.0. The number of benzene rings is 1. The van der Waals surface area contributed by atoms with E-state index in [0.717, 1.165) is 24.2 Å². The van der Waals surface area contributed by atoms with E-state index in [9.17, 15) is 14.7 Å². The van der Waals surface area contributed by atoms with Crippen LogP contribution in [0.1, 0.15) is 25.3 Å². The van der Waals surface area contributed by atoms with Crippen molar-refractivity contribution in [2.75, 3.05) is 13.7 Å². The van der Waals surface area contributed by atoms with Crippen molar-refractivity contribution in [3.05, 3.63) is 29.8 Å². The van der Waals surface area contributed by atoms with Gasteiger partial charge < -0.3 is 20.5 Å². The summed E-state index contributed by atoms with van der Waals surface area (Å²) in [6.45, 7) is 2.03. The van der Waals surface area contributed by atoms with Crippen molar-refractivity contribution in [2.24, 2.45) is 5.92 Å². The zero-order valence-corrected chi connectivity index (χ0v) is 12.9. The highest BCUT2D eigenvalue weighted by Crippen LogP contribution is 2.38. The molecule has 1 aliphatic carbocycles. The van der Waals surface area contributed by atoms with Crippen LogP contribution in [0.25, 0.3) is 0 Å². The van der Waals surface area contributed by atoms with Crippen LogP contribution in [-0.2, 0) is 16.1 Å². The van der Waals surface area contributed by atoms with Gasteiger partial charge in [-0.3, -0.25) is 9.59 Å². The van der Waals surface area contributed by atoms with E-state index in [-0.39, 0.29) is 19.0 Å². The van der Waals surface area contributed by atoms with E-state index in [2.05, 4.69) is 10.6 Å². The minimum absolute atomic E-state index is 0.0897. The van der Waals surface area contributed by atoms with Crippen LogP contribution in [-0.4, -0.2) is 36.2 Å². The van der Waals surface area contributed by atoms with Crippen molar-refractivity contribution in [2.45, 2.75) is 31.9 Å². The molecule has 1 saturated carbocycles. The first kappa shape index (κ1) is 16.3. The molecule has 0 spiro atoms. The van der Waals surface area contributed by atoms with Crippen LogP contribution in [0.4, 0.5) is 0 Å². The maximum atomic E-state index is 11.7. The Morgan fingerprint density at radius 3 is 2.36 bits per heavy atom. The minimum Gasteiger partial charge on any atom is -0.497 e. The van der Waals surface area contributed by atoms with Gasteiger partial charge in [-0.05, 0) is 43.4 Å². The van der Waals surface area contributed by atoms with Gasteiger partial charge in [0.2, 0.25) is 0 Å². The van der Waals surface area contributed by atoms with Crippen molar-refractivity contribution in [3.63, 3.8) is 0 Å². The molecule has 1 atom stereocenters. The summed E-state index contributed by atoms with van der Waals surface area (Å²) in [6, 6.07) is 7.20. The third kappa shape index (κ3) is 4.46. The van der Waals surface area contributed by atoms with E-state index >= 15 is 0 Å². The first-order valence-corrected chi connectivity index (χ1v) is 7.33. The Hall–Kier alpha value is -2.08. The Labute approximate surface area is 129 Å². The molecule has 6 nitrogen and oxygen atoms in total. The quantitative estimate of drug-likeness (QED) is 0.671. The lowest BCUT2D eigenvalue weighted by Gasteiger charge is -2.22. The smallest absolute Gasteiger partial charge is 0.309 e. The fourth-order valence-corrected chi connectivity index (χ4v) is 2.20. The van der Waals surface area contributed by atoms with Crippen molar-refractivity contribution >= 4 is 11.8 Å². The van der Waals surface area contributed by atoms with Crippen LogP contribution >= 0.6 is 0 Å². The second-order valence-corrected chi connectivity index (χ2v) is 5.84. The van der Waals surface area contributed by atoms with Gasteiger partial charge in [-0.2, -0.15) is 0 Å². The summed E-state index contributed by atoms with van der Waals surface area (Å²) in [5.41, 5.74) is -0.0710. The summed E-state index contributed by atoms with van der Waals surface area (Å²) in [6.07, 6.45) is 1.93. The lowest BCUT2D eigenvalue weighted by Crippen LogP contribution is -2.47. The Morgan fingerprint density at radius 2 is 1.82 bits per heavy atom. The fourth-order valence-electron chi connectivity index (χ4n) is 2.20. The average molecular weight is 306 g/mol. The van der Waals surface area contributed by atoms with Crippen LogP contribution < -0.4 is 15.4 Å². The SMILES string of the molecule is COc1ccc(CNC(=O)C(=O)NCC(C)(O)C2CC2)cc1. The molecular formula is C16H22N2O4. The van der Waals surface area contributed by atoms with E-state index in [0.29, 0.717) is 0 Å². The molecule has 6 heteroatoms. The van der Waals surface area contributed by atoms with Gasteiger partial charge in [-0.15, -0.1) is 0 Å². The number of rotatable bonds is 6. The summed E-state index contributed by atoms with van der Waals surface area (Å²) < 4.78 is 5.05. The molecule has 22 heavy (non-hydrogen) atoms. The van der Waals surface area contributed by atoms with E-state index in [1.54, 1.807) is 26.2 Å². The van der Waals surface area contributed by atoms with Gasteiger partial charge in [0.25, 0.3) is 0 Å². The van der Waals surface area contributed by atoms with E-state index in [1.165, 1.54) is 0 Å². The molecule has 3 N–H and O–H groups in total. The molecule has 120 valence electrons. The Kier molecular flexibility index (Phi) is 5.03. The number of hydrogen-bond donors (Lipinski definition) is 3. The first-order chi connectivity index (χ1) is 10.4. The Morgan fingerprint density at radius 1 is 1.23 bits per heavy atom. The number of ether oxygens (including phenoxy) is 1. The van der Waals surface area contributed by atoms with Crippen LogP contribution in [0.15, 0.2) is 24.3 Å². The molecule has 0 heterocycles. The van der Waals surface area contributed by atoms with E-state index in [4.69, 9.17) is 4.74 Å². The van der Waals surface area contributed by atoms with Crippen LogP contribution in [0.3, 0.4) is 0 Å². The van der Waals surface area contributed by atoms with Gasteiger partial charge in [0.05, 0.1) is 12.7 Å². The molecule has 0 aliphatic heterocycles. The summed E-state index contributed by atoms with van der Waals surface area (Å²) in [4.78, 5) is 23.4. The van der Waals surface area contributed by atoms with Gasteiger partial charge in [0, 0.05) is 13.1 Å². The van der Waals surface area contributed by atoms with Crippen LogP contribution in [0, 0.1) is 5.92 Å². The average Bonchev–Trinajstić information content (AvgIpc) is 3.36. The molecule has 0 aromatic heterocycles. The number of hydrogen-bond acceptors (Lipinski definition) is 4. The molecule has 1 aromatic carbocycles. The maximum Gasteiger partial charge on any atom is 0.309 e. The molecule has 0 bridgehead atoms. The first-order valence-electron chi connectivity index (χ1n) is 7.33. The normalized spacial score (nSPS) is 16.5. The van der Waals surface area contributed by atoms with Gasteiger partial charge in [-0.25, -0.2) is 0 Å². The third-order valence-corrected chi connectivity index (χ3v) is 3.88. The van der Waals surface area contributed by atoms with Gasteiger partial charge in [0.15, 0.2) is 0 Å². The van der Waals surface area contributed by atoms with Crippen molar-refractivity contribution in [1.29, 1.82) is 0 Å². The molecule has 1 aromatic rings. The highest BCUT2D eigenvalue weighted by Gasteiger charge is 2.40. The standard InChI is InChI=1S/C16H22N2O4/c1-16(21,12-5-6-12)10-18-15(20)14(19)17-9-11-3-7-13(22-2)8-4-11/h3-4,7-8,12,21H,5-6,9-10H2,1-2H3,(H,17,19)(H,18,20). The molecule has 2 amide bonds. The topological polar surface area (TPSA) is 87.7 Å². The van der Waals surface area contributed by atoms with Gasteiger partial charge in [-0.1, -0.05) is 12.1 Å². The number of methoxy groups -OCH3 is 1. The predicted octanol–water partition coefficient (Wildman–Crippen LogP) is 0.589. The molecule has 1 aliphatic rings. The number of nitrogens with one attached hydrogen (secondary N) is 2. The number of aliphatic hydroxyl groups is 1. The second kappa shape index (κ2) is 6.79. The molecular weight excluding hydrogens is 284 g/mol. The minimum atomic E-state index is -0.939. The molecule has 2 rings (SSSR count).